The van der Waals surface area contributed by atoms with E-state index in [9.17, 15) is 4.79 Å². The van der Waals surface area contributed by atoms with Crippen molar-refractivity contribution in [3.05, 3.63) is 21.4 Å². The van der Waals surface area contributed by atoms with Crippen molar-refractivity contribution in [1.82, 2.24) is 9.80 Å². The van der Waals surface area contributed by atoms with Crippen LogP contribution in [0.1, 0.15) is 55.9 Å². The van der Waals surface area contributed by atoms with Crippen LogP contribution in [0.4, 0.5) is 4.79 Å². The van der Waals surface area contributed by atoms with Crippen LogP contribution < -0.4 is 0 Å². The van der Waals surface area contributed by atoms with Gasteiger partial charge in [0.1, 0.15) is 11.4 Å². The van der Waals surface area contributed by atoms with Crippen LogP contribution in [0.5, 0.6) is 0 Å². The second-order valence-corrected chi connectivity index (χ2v) is 10.1. The molecule has 0 N–H and O–H groups in total. The Balaban J connectivity index is 1.69. The number of likely N-dealkylation sites (tertiary alicyclic amines) is 2. The standard InChI is InChI=1S/C21H33N3O2S/c1-7-16-12-15(2)17(27-16)18(22-6)23-10-8-21(13-23)9-11-24(14-21)19(25)26-20(3,4)5/h12H,7-11,13-14H2,1-6H3/b22-18+. The number of hydrogen-bond donors (Lipinski definition) is 0. The van der Waals surface area contributed by atoms with Gasteiger partial charge < -0.3 is 14.5 Å². The molecule has 0 saturated carbocycles. The molecule has 2 aliphatic rings. The third-order valence-corrected chi connectivity index (χ3v) is 6.94. The van der Waals surface area contributed by atoms with Crippen LogP contribution in [-0.4, -0.2) is 60.6 Å². The number of nitrogens with zero attached hydrogens (tertiary/aromatic N) is 3. The minimum Gasteiger partial charge on any atom is -0.444 e. The maximum atomic E-state index is 12.4. The summed E-state index contributed by atoms with van der Waals surface area (Å²) in [5.41, 5.74) is 1.05. The van der Waals surface area contributed by atoms with Gasteiger partial charge in [0.25, 0.3) is 0 Å². The molecule has 1 amide bonds. The Morgan fingerprint density at radius 1 is 1.26 bits per heavy atom. The van der Waals surface area contributed by atoms with Gasteiger partial charge in [-0.2, -0.15) is 0 Å². The molecule has 0 aliphatic carbocycles. The predicted octanol–water partition coefficient (Wildman–Crippen LogP) is 4.33. The Kier molecular flexibility index (Phi) is 5.57. The molecule has 2 saturated heterocycles. The van der Waals surface area contributed by atoms with E-state index in [0.717, 1.165) is 51.3 Å². The van der Waals surface area contributed by atoms with E-state index in [1.54, 1.807) is 0 Å². The Morgan fingerprint density at radius 3 is 2.44 bits per heavy atom. The van der Waals surface area contributed by atoms with E-state index < -0.39 is 5.60 Å². The number of amides is 1. The fourth-order valence-electron chi connectivity index (χ4n) is 4.20. The normalized spacial score (nSPS) is 23.6. The van der Waals surface area contributed by atoms with Gasteiger partial charge in [-0.05, 0) is 58.6 Å². The number of ether oxygens (including phenoxy) is 1. The van der Waals surface area contributed by atoms with Gasteiger partial charge in [-0.3, -0.25) is 4.99 Å². The Morgan fingerprint density at radius 2 is 1.89 bits per heavy atom. The second kappa shape index (κ2) is 7.46. The number of hydrogen-bond acceptors (Lipinski definition) is 4. The van der Waals surface area contributed by atoms with Gasteiger partial charge in [0.15, 0.2) is 0 Å². The summed E-state index contributed by atoms with van der Waals surface area (Å²) in [6, 6.07) is 2.29. The van der Waals surface area contributed by atoms with Crippen molar-refractivity contribution >= 4 is 23.3 Å². The summed E-state index contributed by atoms with van der Waals surface area (Å²) in [4.78, 5) is 24.1. The molecular formula is C21H33N3O2S. The monoisotopic (exact) mass is 391 g/mol. The number of amidine groups is 1. The molecular weight excluding hydrogens is 358 g/mol. The van der Waals surface area contributed by atoms with Crippen molar-refractivity contribution in [3.8, 4) is 0 Å². The number of aryl methyl sites for hydroxylation is 2. The molecule has 5 nitrogen and oxygen atoms in total. The summed E-state index contributed by atoms with van der Waals surface area (Å²) in [7, 11) is 1.90. The van der Waals surface area contributed by atoms with Crippen LogP contribution in [-0.2, 0) is 11.2 Å². The van der Waals surface area contributed by atoms with Crippen molar-refractivity contribution in [2.75, 3.05) is 33.2 Å². The summed E-state index contributed by atoms with van der Waals surface area (Å²) in [5, 5.41) is 0. The highest BCUT2D eigenvalue weighted by molar-refractivity contribution is 7.14. The van der Waals surface area contributed by atoms with E-state index >= 15 is 0 Å². The van der Waals surface area contributed by atoms with Crippen molar-refractivity contribution in [1.29, 1.82) is 0 Å². The molecule has 1 atom stereocenters. The first kappa shape index (κ1) is 20.2. The first-order valence-electron chi connectivity index (χ1n) is 9.96. The van der Waals surface area contributed by atoms with E-state index in [1.807, 2.05) is 44.1 Å². The van der Waals surface area contributed by atoms with Crippen LogP contribution in [0.25, 0.3) is 0 Å². The summed E-state index contributed by atoms with van der Waals surface area (Å²) < 4.78 is 5.57. The summed E-state index contributed by atoms with van der Waals surface area (Å²) in [5.74, 6) is 1.12. The highest BCUT2D eigenvalue weighted by Gasteiger charge is 2.46. The highest BCUT2D eigenvalue weighted by atomic mass is 32.1. The lowest BCUT2D eigenvalue weighted by Crippen LogP contribution is -2.38. The third-order valence-electron chi connectivity index (χ3n) is 5.56. The van der Waals surface area contributed by atoms with Crippen LogP contribution in [0, 0.1) is 12.3 Å². The zero-order chi connectivity index (χ0) is 19.8. The number of aliphatic imine (C=N–C) groups is 1. The summed E-state index contributed by atoms with van der Waals surface area (Å²) in [6.07, 6.45) is 3.04. The van der Waals surface area contributed by atoms with E-state index in [-0.39, 0.29) is 11.5 Å². The van der Waals surface area contributed by atoms with Gasteiger partial charge in [0.05, 0.1) is 4.88 Å². The minimum atomic E-state index is -0.440. The largest absolute Gasteiger partial charge is 0.444 e. The van der Waals surface area contributed by atoms with Crippen molar-refractivity contribution in [2.45, 2.75) is 59.5 Å². The Hall–Kier alpha value is -1.56. The van der Waals surface area contributed by atoms with Crippen LogP contribution >= 0.6 is 11.3 Å². The first-order valence-corrected chi connectivity index (χ1v) is 10.8. The molecule has 1 aromatic rings. The fourth-order valence-corrected chi connectivity index (χ4v) is 5.37. The summed E-state index contributed by atoms with van der Waals surface area (Å²) in [6.45, 7) is 13.7. The molecule has 1 spiro atoms. The quantitative estimate of drug-likeness (QED) is 0.557. The maximum absolute atomic E-state index is 12.4. The van der Waals surface area contributed by atoms with Gasteiger partial charge >= 0.3 is 6.09 Å². The fraction of sp³-hybridized carbons (Fsp3) is 0.714. The van der Waals surface area contributed by atoms with Gasteiger partial charge in [0.2, 0.25) is 0 Å². The van der Waals surface area contributed by atoms with Gasteiger partial charge in [-0.1, -0.05) is 6.92 Å². The molecule has 150 valence electrons. The van der Waals surface area contributed by atoms with E-state index in [2.05, 4.69) is 29.8 Å². The molecule has 2 fully saturated rings. The molecule has 1 unspecified atom stereocenters. The number of carbonyl (C=O) groups is 1. The zero-order valence-corrected chi connectivity index (χ0v) is 18.4. The lowest BCUT2D eigenvalue weighted by Gasteiger charge is -2.27. The Labute approximate surface area is 167 Å². The van der Waals surface area contributed by atoms with E-state index in [0.29, 0.717) is 0 Å². The predicted molar refractivity (Wildman–Crippen MR) is 112 cm³/mol. The molecule has 6 heteroatoms. The summed E-state index contributed by atoms with van der Waals surface area (Å²) >= 11 is 1.86. The van der Waals surface area contributed by atoms with Crippen LogP contribution in [0.3, 0.4) is 0 Å². The van der Waals surface area contributed by atoms with Gasteiger partial charge in [-0.15, -0.1) is 11.3 Å². The number of carbonyl (C=O) groups excluding carboxylic acids is 1. The lowest BCUT2D eigenvalue weighted by molar-refractivity contribution is 0.0275. The number of rotatable bonds is 2. The average Bonchev–Trinajstić information content (AvgIpc) is 3.28. The van der Waals surface area contributed by atoms with Crippen LogP contribution in [0.2, 0.25) is 0 Å². The number of thiophene rings is 1. The molecule has 3 rings (SSSR count). The van der Waals surface area contributed by atoms with E-state index in [4.69, 9.17) is 4.74 Å². The van der Waals surface area contributed by atoms with E-state index in [1.165, 1.54) is 15.3 Å². The zero-order valence-electron chi connectivity index (χ0n) is 17.6. The van der Waals surface area contributed by atoms with Gasteiger partial charge in [0, 0.05) is 43.5 Å². The van der Waals surface area contributed by atoms with Crippen molar-refractivity contribution < 1.29 is 9.53 Å². The molecule has 0 bridgehead atoms. The first-order chi connectivity index (χ1) is 12.7. The minimum absolute atomic E-state index is 0.172. The van der Waals surface area contributed by atoms with Crippen molar-refractivity contribution in [3.63, 3.8) is 0 Å². The lowest BCUT2D eigenvalue weighted by atomic mass is 9.86. The second-order valence-electron chi connectivity index (χ2n) is 8.95. The van der Waals surface area contributed by atoms with Crippen LogP contribution in [0.15, 0.2) is 11.1 Å². The van der Waals surface area contributed by atoms with Crippen molar-refractivity contribution in [2.24, 2.45) is 10.4 Å². The average molecular weight is 392 g/mol. The highest BCUT2D eigenvalue weighted by Crippen LogP contribution is 2.41. The Bertz CT molecular complexity index is 734. The maximum Gasteiger partial charge on any atom is 0.410 e. The molecule has 3 heterocycles. The molecule has 0 aromatic carbocycles. The smallest absolute Gasteiger partial charge is 0.410 e. The SMILES string of the molecule is CCc1cc(C)c(/C(=N\C)N2CCC3(CCN(C(=O)OC(C)(C)C)C3)C2)s1. The van der Waals surface area contributed by atoms with Gasteiger partial charge in [-0.25, -0.2) is 4.79 Å². The molecule has 0 radical (unpaired) electrons. The molecule has 27 heavy (non-hydrogen) atoms. The topological polar surface area (TPSA) is 45.1 Å². The molecule has 2 aliphatic heterocycles. The molecule has 1 aromatic heterocycles. The third kappa shape index (κ3) is 4.31.